The van der Waals surface area contributed by atoms with Gasteiger partial charge in [0.05, 0.1) is 12.7 Å². The summed E-state index contributed by atoms with van der Waals surface area (Å²) in [5, 5.41) is 5.29. The molecule has 0 aromatic carbocycles. The van der Waals surface area contributed by atoms with E-state index in [4.69, 9.17) is 0 Å². The Hall–Kier alpha value is -1.46. The van der Waals surface area contributed by atoms with Crippen molar-refractivity contribution >= 4 is 5.91 Å². The summed E-state index contributed by atoms with van der Waals surface area (Å²) in [7, 11) is 0. The van der Waals surface area contributed by atoms with Crippen molar-refractivity contribution in [2.45, 2.75) is 13.0 Å². The molecule has 1 aromatic heterocycles. The lowest BCUT2D eigenvalue weighted by atomic mass is 10.4. The normalized spacial score (nSPS) is 10.2. The number of amides is 1. The zero-order chi connectivity index (χ0) is 8.97. The van der Waals surface area contributed by atoms with Crippen LogP contribution in [0.25, 0.3) is 0 Å². The monoisotopic (exact) mass is 176 g/mol. The third-order valence-corrected chi connectivity index (χ3v) is 1.13. The van der Waals surface area contributed by atoms with Crippen LogP contribution in [0.4, 0.5) is 8.78 Å². The van der Waals surface area contributed by atoms with Crippen LogP contribution in [0.15, 0.2) is 16.8 Å². The maximum atomic E-state index is 11.6. The molecule has 1 aromatic rings. The highest BCUT2D eigenvalue weighted by Gasteiger charge is 2.14. The molecule has 0 atom stereocenters. The Balaban J connectivity index is 2.32. The summed E-state index contributed by atoms with van der Waals surface area (Å²) in [5.41, 5.74) is 0. The fourth-order valence-electron chi connectivity index (χ4n) is 0.585. The van der Waals surface area contributed by atoms with Crippen molar-refractivity contribution in [3.05, 3.63) is 18.0 Å². The second-order valence-corrected chi connectivity index (χ2v) is 2.00. The molecule has 0 saturated heterocycles. The smallest absolute Gasteiger partial charge is 0.315 e. The molecule has 6 heteroatoms. The topological polar surface area (TPSA) is 55.1 Å². The first-order chi connectivity index (χ1) is 5.70. The van der Waals surface area contributed by atoms with Gasteiger partial charge in [-0.15, -0.1) is 0 Å². The lowest BCUT2D eigenvalue weighted by Crippen LogP contribution is -2.28. The molecule has 1 N–H and O–H groups in total. The zero-order valence-electron chi connectivity index (χ0n) is 5.96. The van der Waals surface area contributed by atoms with Crippen molar-refractivity contribution in [2.24, 2.45) is 0 Å². The van der Waals surface area contributed by atoms with Crippen LogP contribution in [-0.2, 0) is 11.3 Å². The third kappa shape index (κ3) is 2.30. The van der Waals surface area contributed by atoms with E-state index >= 15 is 0 Å². The number of hydrogen-bond acceptors (Lipinski definition) is 3. The molecular weight excluding hydrogens is 170 g/mol. The molecule has 1 heterocycles. The molecule has 0 spiro atoms. The summed E-state index contributed by atoms with van der Waals surface area (Å²) in [6, 6.07) is 1.48. The highest BCUT2D eigenvalue weighted by molar-refractivity contribution is 5.78. The fraction of sp³-hybridized carbons (Fsp3) is 0.333. The third-order valence-electron chi connectivity index (χ3n) is 1.13. The Labute approximate surface area is 66.5 Å². The maximum Gasteiger partial charge on any atom is 0.315 e. The molecule has 0 unspecified atom stereocenters. The Kier molecular flexibility index (Phi) is 2.73. The minimum absolute atomic E-state index is 0.0663. The van der Waals surface area contributed by atoms with Crippen LogP contribution < -0.4 is 5.32 Å². The van der Waals surface area contributed by atoms with E-state index in [9.17, 15) is 13.6 Å². The molecule has 66 valence electrons. The second-order valence-electron chi connectivity index (χ2n) is 2.00. The van der Waals surface area contributed by atoms with Crippen molar-refractivity contribution in [3.63, 3.8) is 0 Å². The number of aromatic nitrogens is 1. The largest absolute Gasteiger partial charge is 0.360 e. The summed E-state index contributed by atoms with van der Waals surface area (Å²) in [4.78, 5) is 10.3. The summed E-state index contributed by atoms with van der Waals surface area (Å²) < 4.78 is 27.8. The predicted molar refractivity (Wildman–Crippen MR) is 34.4 cm³/mol. The number of nitrogens with one attached hydrogen (secondary N) is 1. The SMILES string of the molecule is O=C(NCc1ccno1)C(F)F. The van der Waals surface area contributed by atoms with E-state index in [0.717, 1.165) is 0 Å². The van der Waals surface area contributed by atoms with Crippen LogP contribution >= 0.6 is 0 Å². The number of alkyl halides is 2. The van der Waals surface area contributed by atoms with Crippen LogP contribution in [-0.4, -0.2) is 17.5 Å². The van der Waals surface area contributed by atoms with Crippen LogP contribution in [0, 0.1) is 0 Å². The molecular formula is C6H6F2N2O2. The van der Waals surface area contributed by atoms with Crippen LogP contribution in [0.2, 0.25) is 0 Å². The standard InChI is InChI=1S/C6H6F2N2O2/c7-5(8)6(11)9-3-4-1-2-10-12-4/h1-2,5H,3H2,(H,9,11). The molecule has 0 fully saturated rings. The average molecular weight is 176 g/mol. The summed E-state index contributed by atoms with van der Waals surface area (Å²) >= 11 is 0. The summed E-state index contributed by atoms with van der Waals surface area (Å²) in [6.07, 6.45) is -1.63. The van der Waals surface area contributed by atoms with E-state index in [0.29, 0.717) is 5.76 Å². The summed E-state index contributed by atoms with van der Waals surface area (Å²) in [5.74, 6) is -0.976. The van der Waals surface area contributed by atoms with Crippen LogP contribution in [0.3, 0.4) is 0 Å². The van der Waals surface area contributed by atoms with E-state index < -0.39 is 12.3 Å². The maximum absolute atomic E-state index is 11.6. The lowest BCUT2D eigenvalue weighted by Gasteiger charge is -1.99. The molecule has 1 rings (SSSR count). The van der Waals surface area contributed by atoms with Gasteiger partial charge >= 0.3 is 6.43 Å². The first-order valence-electron chi connectivity index (χ1n) is 3.15. The van der Waals surface area contributed by atoms with Crippen LogP contribution in [0.5, 0.6) is 0 Å². The van der Waals surface area contributed by atoms with Gasteiger partial charge in [-0.1, -0.05) is 5.16 Å². The van der Waals surface area contributed by atoms with Crippen molar-refractivity contribution in [1.82, 2.24) is 10.5 Å². The molecule has 1 amide bonds. The number of rotatable bonds is 3. The van der Waals surface area contributed by atoms with E-state index in [1.807, 2.05) is 5.32 Å². The van der Waals surface area contributed by atoms with Gasteiger partial charge in [-0.2, -0.15) is 8.78 Å². The Morgan fingerprint density at radius 1 is 1.75 bits per heavy atom. The lowest BCUT2D eigenvalue weighted by molar-refractivity contribution is -0.132. The predicted octanol–water partition coefficient (Wildman–Crippen LogP) is 0.556. The first kappa shape index (κ1) is 8.63. The first-order valence-corrected chi connectivity index (χ1v) is 3.15. The van der Waals surface area contributed by atoms with Crippen molar-refractivity contribution in [1.29, 1.82) is 0 Å². The number of nitrogens with zero attached hydrogens (tertiary/aromatic N) is 1. The van der Waals surface area contributed by atoms with Gasteiger partial charge < -0.3 is 9.84 Å². The van der Waals surface area contributed by atoms with E-state index in [1.54, 1.807) is 0 Å². The van der Waals surface area contributed by atoms with Crippen molar-refractivity contribution < 1.29 is 18.1 Å². The number of halogens is 2. The Morgan fingerprint density at radius 3 is 3.00 bits per heavy atom. The molecule has 0 aliphatic carbocycles. The highest BCUT2D eigenvalue weighted by atomic mass is 19.3. The molecule has 0 aliphatic rings. The quantitative estimate of drug-likeness (QED) is 0.731. The van der Waals surface area contributed by atoms with Gasteiger partial charge in [-0.25, -0.2) is 0 Å². The van der Waals surface area contributed by atoms with E-state index in [1.165, 1.54) is 12.3 Å². The van der Waals surface area contributed by atoms with Gasteiger partial charge in [0, 0.05) is 6.07 Å². The van der Waals surface area contributed by atoms with Gasteiger partial charge in [0.15, 0.2) is 5.76 Å². The second kappa shape index (κ2) is 3.80. The number of carbonyl (C=O) groups excluding carboxylic acids is 1. The molecule has 0 aliphatic heterocycles. The minimum atomic E-state index is -2.99. The molecule has 0 bridgehead atoms. The van der Waals surface area contributed by atoms with Gasteiger partial charge in [-0.05, 0) is 0 Å². The van der Waals surface area contributed by atoms with E-state index in [-0.39, 0.29) is 6.54 Å². The molecule has 0 radical (unpaired) electrons. The number of carbonyl (C=O) groups is 1. The summed E-state index contributed by atoms with van der Waals surface area (Å²) in [6.45, 7) is -0.0663. The highest BCUT2D eigenvalue weighted by Crippen LogP contribution is 1.97. The fourth-order valence-corrected chi connectivity index (χ4v) is 0.585. The Bertz CT molecular complexity index is 248. The Morgan fingerprint density at radius 2 is 2.50 bits per heavy atom. The van der Waals surface area contributed by atoms with Crippen molar-refractivity contribution in [2.75, 3.05) is 0 Å². The van der Waals surface area contributed by atoms with Gasteiger partial charge in [0.2, 0.25) is 0 Å². The number of hydrogen-bond donors (Lipinski definition) is 1. The zero-order valence-corrected chi connectivity index (χ0v) is 5.96. The molecule has 12 heavy (non-hydrogen) atoms. The van der Waals surface area contributed by atoms with Gasteiger partial charge in [0.1, 0.15) is 0 Å². The van der Waals surface area contributed by atoms with Gasteiger partial charge in [0.25, 0.3) is 5.91 Å². The molecule has 4 nitrogen and oxygen atoms in total. The van der Waals surface area contributed by atoms with Gasteiger partial charge in [-0.3, -0.25) is 4.79 Å². The average Bonchev–Trinajstić information content (AvgIpc) is 2.51. The van der Waals surface area contributed by atoms with E-state index in [2.05, 4.69) is 9.68 Å². The van der Waals surface area contributed by atoms with Crippen LogP contribution in [0.1, 0.15) is 5.76 Å². The molecule has 0 saturated carbocycles. The van der Waals surface area contributed by atoms with Crippen molar-refractivity contribution in [3.8, 4) is 0 Å². The minimum Gasteiger partial charge on any atom is -0.360 e.